The standard InChI is InChI=1S/C32H41N3O4S/c1-23(2)20-33-32(37)26(6)34(21-27-14-12-25(5)13-15-27)31(36)22-35(29-18-16-28(17-19-29)24(3)4)40(38,39)30-10-8-7-9-11-30/h7-19,23-24,26H,20-22H2,1-6H3,(H,33,37)/t26-/m0/s1. The van der Waals surface area contributed by atoms with Crippen LogP contribution in [0, 0.1) is 12.8 Å². The molecule has 1 N–H and O–H groups in total. The van der Waals surface area contributed by atoms with Crippen molar-refractivity contribution in [3.8, 4) is 0 Å². The van der Waals surface area contributed by atoms with Crippen molar-refractivity contribution in [2.75, 3.05) is 17.4 Å². The van der Waals surface area contributed by atoms with Gasteiger partial charge < -0.3 is 10.2 Å². The number of nitrogens with zero attached hydrogens (tertiary/aromatic N) is 2. The van der Waals surface area contributed by atoms with Gasteiger partial charge >= 0.3 is 0 Å². The molecule has 3 aromatic carbocycles. The third kappa shape index (κ3) is 7.94. The Labute approximate surface area is 239 Å². The molecule has 7 nitrogen and oxygen atoms in total. The number of carbonyl (C=O) groups excluding carboxylic acids is 2. The van der Waals surface area contributed by atoms with E-state index in [2.05, 4.69) is 19.2 Å². The molecule has 0 aliphatic heterocycles. The Bertz CT molecular complexity index is 1370. The van der Waals surface area contributed by atoms with Gasteiger partial charge in [0.2, 0.25) is 11.8 Å². The quantitative estimate of drug-likeness (QED) is 0.315. The van der Waals surface area contributed by atoms with Crippen LogP contribution in [0.4, 0.5) is 5.69 Å². The van der Waals surface area contributed by atoms with Gasteiger partial charge in [-0.05, 0) is 61.1 Å². The van der Waals surface area contributed by atoms with Crippen LogP contribution >= 0.6 is 0 Å². The SMILES string of the molecule is Cc1ccc(CN(C(=O)CN(c2ccc(C(C)C)cc2)S(=O)(=O)c2ccccc2)[C@@H](C)C(=O)NCC(C)C)cc1. The van der Waals surface area contributed by atoms with E-state index in [0.717, 1.165) is 21.0 Å². The van der Waals surface area contributed by atoms with Gasteiger partial charge in [0, 0.05) is 13.1 Å². The van der Waals surface area contributed by atoms with Gasteiger partial charge in [0.25, 0.3) is 10.0 Å². The molecule has 0 radical (unpaired) electrons. The van der Waals surface area contributed by atoms with Crippen LogP contribution in [0.2, 0.25) is 0 Å². The summed E-state index contributed by atoms with van der Waals surface area (Å²) >= 11 is 0. The van der Waals surface area contributed by atoms with E-state index in [4.69, 9.17) is 0 Å². The van der Waals surface area contributed by atoms with E-state index in [9.17, 15) is 18.0 Å². The fourth-order valence-corrected chi connectivity index (χ4v) is 5.63. The number of nitrogens with one attached hydrogen (secondary N) is 1. The lowest BCUT2D eigenvalue weighted by Crippen LogP contribution is -2.51. The topological polar surface area (TPSA) is 86.8 Å². The molecule has 3 aromatic rings. The van der Waals surface area contributed by atoms with Crippen molar-refractivity contribution < 1.29 is 18.0 Å². The minimum Gasteiger partial charge on any atom is -0.354 e. The van der Waals surface area contributed by atoms with Crippen LogP contribution in [-0.2, 0) is 26.2 Å². The maximum absolute atomic E-state index is 14.0. The van der Waals surface area contributed by atoms with Gasteiger partial charge in [-0.15, -0.1) is 0 Å². The second kappa shape index (κ2) is 13.6. The number of carbonyl (C=O) groups is 2. The third-order valence-corrected chi connectivity index (χ3v) is 8.57. The predicted molar refractivity (Wildman–Crippen MR) is 161 cm³/mol. The maximum atomic E-state index is 14.0. The van der Waals surface area contributed by atoms with Crippen LogP contribution in [0.5, 0.6) is 0 Å². The molecular weight excluding hydrogens is 522 g/mol. The highest BCUT2D eigenvalue weighted by molar-refractivity contribution is 7.92. The molecule has 2 amide bonds. The highest BCUT2D eigenvalue weighted by Gasteiger charge is 2.32. The number of amides is 2. The van der Waals surface area contributed by atoms with Crippen LogP contribution in [-0.4, -0.2) is 44.3 Å². The van der Waals surface area contributed by atoms with Crippen LogP contribution in [0.3, 0.4) is 0 Å². The summed E-state index contributed by atoms with van der Waals surface area (Å²) in [5.41, 5.74) is 3.37. The zero-order chi connectivity index (χ0) is 29.4. The van der Waals surface area contributed by atoms with Crippen molar-refractivity contribution in [2.45, 2.75) is 64.9 Å². The highest BCUT2D eigenvalue weighted by atomic mass is 32.2. The van der Waals surface area contributed by atoms with E-state index in [1.165, 1.54) is 17.0 Å². The second-order valence-electron chi connectivity index (χ2n) is 10.9. The zero-order valence-electron chi connectivity index (χ0n) is 24.3. The Hall–Kier alpha value is -3.65. The second-order valence-corrected chi connectivity index (χ2v) is 12.8. The van der Waals surface area contributed by atoms with Gasteiger partial charge in [-0.2, -0.15) is 0 Å². The zero-order valence-corrected chi connectivity index (χ0v) is 25.1. The molecule has 0 spiro atoms. The summed E-state index contributed by atoms with van der Waals surface area (Å²) in [7, 11) is -4.08. The number of hydrogen-bond acceptors (Lipinski definition) is 4. The number of benzene rings is 3. The Morgan fingerprint density at radius 1 is 0.825 bits per heavy atom. The first-order valence-electron chi connectivity index (χ1n) is 13.7. The maximum Gasteiger partial charge on any atom is 0.264 e. The molecule has 0 heterocycles. The van der Waals surface area contributed by atoms with Crippen molar-refractivity contribution in [2.24, 2.45) is 5.92 Å². The van der Waals surface area contributed by atoms with Gasteiger partial charge in [0.1, 0.15) is 12.6 Å². The summed E-state index contributed by atoms with van der Waals surface area (Å²) in [4.78, 5) is 28.6. The van der Waals surface area contributed by atoms with Crippen molar-refractivity contribution in [1.29, 1.82) is 0 Å². The molecule has 0 aliphatic rings. The van der Waals surface area contributed by atoms with E-state index in [-0.39, 0.29) is 29.2 Å². The molecule has 214 valence electrons. The van der Waals surface area contributed by atoms with E-state index < -0.39 is 28.5 Å². The van der Waals surface area contributed by atoms with E-state index in [1.807, 2.05) is 57.2 Å². The van der Waals surface area contributed by atoms with Gasteiger partial charge in [0.05, 0.1) is 10.6 Å². The summed E-state index contributed by atoms with van der Waals surface area (Å²) in [5, 5.41) is 2.91. The number of anilines is 1. The van der Waals surface area contributed by atoms with E-state index in [0.29, 0.717) is 12.2 Å². The number of sulfonamides is 1. The number of aryl methyl sites for hydroxylation is 1. The van der Waals surface area contributed by atoms with Crippen LogP contribution in [0.15, 0.2) is 83.8 Å². The Balaban J connectivity index is 2.01. The molecule has 1 atom stereocenters. The average molecular weight is 564 g/mol. The van der Waals surface area contributed by atoms with Crippen molar-refractivity contribution in [3.63, 3.8) is 0 Å². The normalized spacial score (nSPS) is 12.3. The fraction of sp³-hybridized carbons (Fsp3) is 0.375. The highest BCUT2D eigenvalue weighted by Crippen LogP contribution is 2.26. The smallest absolute Gasteiger partial charge is 0.264 e. The fourth-order valence-electron chi connectivity index (χ4n) is 4.20. The summed E-state index contributed by atoms with van der Waals surface area (Å²) < 4.78 is 28.9. The Kier molecular flexibility index (Phi) is 10.5. The first kappa shape index (κ1) is 30.9. The van der Waals surface area contributed by atoms with Gasteiger partial charge in [0.15, 0.2) is 0 Å². The molecule has 0 saturated heterocycles. The summed E-state index contributed by atoms with van der Waals surface area (Å²) in [6.45, 7) is 12.0. The van der Waals surface area contributed by atoms with Crippen molar-refractivity contribution in [1.82, 2.24) is 10.2 Å². The van der Waals surface area contributed by atoms with Crippen molar-refractivity contribution in [3.05, 3.63) is 95.6 Å². The summed E-state index contributed by atoms with van der Waals surface area (Å²) in [6.07, 6.45) is 0. The van der Waals surface area contributed by atoms with Gasteiger partial charge in [-0.25, -0.2) is 8.42 Å². The Morgan fingerprint density at radius 2 is 1.43 bits per heavy atom. The monoisotopic (exact) mass is 563 g/mol. The average Bonchev–Trinajstić information content (AvgIpc) is 2.94. The molecule has 0 aromatic heterocycles. The minimum atomic E-state index is -4.08. The molecule has 0 bridgehead atoms. The number of rotatable bonds is 12. The lowest BCUT2D eigenvalue weighted by molar-refractivity contribution is -0.139. The molecule has 0 saturated carbocycles. The molecule has 0 aliphatic carbocycles. The minimum absolute atomic E-state index is 0.0866. The van der Waals surface area contributed by atoms with E-state index in [1.54, 1.807) is 37.3 Å². The Morgan fingerprint density at radius 3 is 1.98 bits per heavy atom. The van der Waals surface area contributed by atoms with Crippen molar-refractivity contribution >= 4 is 27.5 Å². The first-order valence-corrected chi connectivity index (χ1v) is 15.1. The molecule has 40 heavy (non-hydrogen) atoms. The lowest BCUT2D eigenvalue weighted by atomic mass is 10.0. The number of hydrogen-bond donors (Lipinski definition) is 1. The molecule has 8 heteroatoms. The summed E-state index contributed by atoms with van der Waals surface area (Å²) in [6, 6.07) is 22.2. The summed E-state index contributed by atoms with van der Waals surface area (Å²) in [5.74, 6) is -0.240. The van der Waals surface area contributed by atoms with Gasteiger partial charge in [-0.3, -0.25) is 13.9 Å². The molecule has 3 rings (SSSR count). The van der Waals surface area contributed by atoms with Gasteiger partial charge in [-0.1, -0.05) is 87.9 Å². The van der Waals surface area contributed by atoms with E-state index >= 15 is 0 Å². The van der Waals surface area contributed by atoms with Crippen LogP contribution in [0.25, 0.3) is 0 Å². The largest absolute Gasteiger partial charge is 0.354 e. The molecular formula is C32H41N3O4S. The third-order valence-electron chi connectivity index (χ3n) is 6.78. The first-order chi connectivity index (χ1) is 18.9. The predicted octanol–water partition coefficient (Wildman–Crippen LogP) is 5.50. The van der Waals surface area contributed by atoms with Crippen LogP contribution < -0.4 is 9.62 Å². The molecule has 0 fully saturated rings. The van der Waals surface area contributed by atoms with Crippen LogP contribution in [0.1, 0.15) is 57.2 Å². The lowest BCUT2D eigenvalue weighted by Gasteiger charge is -2.32. The molecule has 0 unspecified atom stereocenters.